The predicted molar refractivity (Wildman–Crippen MR) is 120 cm³/mol. The zero-order chi connectivity index (χ0) is 22.2. The quantitative estimate of drug-likeness (QED) is 0.632. The number of nitrogens with one attached hydrogen (secondary N) is 1. The first kappa shape index (κ1) is 21.7. The van der Waals surface area contributed by atoms with E-state index in [0.717, 1.165) is 22.4 Å². The van der Waals surface area contributed by atoms with Crippen molar-refractivity contribution >= 4 is 32.4 Å². The minimum atomic E-state index is -3.67. The van der Waals surface area contributed by atoms with Gasteiger partial charge in [-0.2, -0.15) is 4.31 Å². The Morgan fingerprint density at radius 3 is 2.68 bits per heavy atom. The summed E-state index contributed by atoms with van der Waals surface area (Å²) < 4.78 is 33.9. The molecule has 1 fully saturated rings. The highest BCUT2D eigenvalue weighted by molar-refractivity contribution is 7.89. The number of anilines is 1. The molecule has 1 saturated heterocycles. The number of aromatic nitrogens is 2. The van der Waals surface area contributed by atoms with E-state index in [1.54, 1.807) is 7.05 Å². The smallest absolute Gasteiger partial charge is 0.274 e. The van der Waals surface area contributed by atoms with E-state index < -0.39 is 15.9 Å². The van der Waals surface area contributed by atoms with Gasteiger partial charge in [-0.1, -0.05) is 17.7 Å². The van der Waals surface area contributed by atoms with Crippen LogP contribution in [0.25, 0.3) is 11.3 Å². The van der Waals surface area contributed by atoms with Gasteiger partial charge in [0.25, 0.3) is 5.91 Å². The van der Waals surface area contributed by atoms with E-state index in [0.29, 0.717) is 31.4 Å². The molecule has 0 bridgehead atoms. The Balaban J connectivity index is 1.53. The first-order chi connectivity index (χ1) is 14.8. The van der Waals surface area contributed by atoms with Gasteiger partial charge in [0.15, 0.2) is 5.13 Å². The molecule has 3 heterocycles. The Kier molecular flexibility index (Phi) is 5.98. The molecule has 0 spiro atoms. The molecule has 2 aromatic heterocycles. The molecule has 1 aliphatic heterocycles. The van der Waals surface area contributed by atoms with E-state index in [4.69, 9.17) is 4.74 Å². The Morgan fingerprint density at radius 2 is 1.94 bits per heavy atom. The third-order valence-electron chi connectivity index (χ3n) is 5.21. The normalized spacial score (nSPS) is 15.2. The molecule has 1 aromatic carbocycles. The number of morpholine rings is 1. The SMILES string of the molecule is Cc1ccc(C)c(-c2csc(NC(=O)c3cc(S(=O)(=O)N4CCOCC4)cn3C)n2)c1. The molecular weight excluding hydrogens is 436 g/mol. The van der Waals surface area contributed by atoms with Crippen LogP contribution in [-0.2, 0) is 21.8 Å². The van der Waals surface area contributed by atoms with Gasteiger partial charge in [0, 0.05) is 37.3 Å². The van der Waals surface area contributed by atoms with Crippen molar-refractivity contribution < 1.29 is 17.9 Å². The Labute approximate surface area is 185 Å². The van der Waals surface area contributed by atoms with Crippen LogP contribution in [0, 0.1) is 13.8 Å². The van der Waals surface area contributed by atoms with E-state index in [-0.39, 0.29) is 10.6 Å². The summed E-state index contributed by atoms with van der Waals surface area (Å²) in [6.45, 7) is 5.39. The van der Waals surface area contributed by atoms with E-state index in [9.17, 15) is 13.2 Å². The summed E-state index contributed by atoms with van der Waals surface area (Å²) in [6, 6.07) is 7.56. The predicted octanol–water partition coefficient (Wildman–Crippen LogP) is 3.04. The van der Waals surface area contributed by atoms with Crippen LogP contribution < -0.4 is 5.32 Å². The lowest BCUT2D eigenvalue weighted by Gasteiger charge is -2.25. The summed E-state index contributed by atoms with van der Waals surface area (Å²) in [4.78, 5) is 17.5. The molecular formula is C21H24N4O4S2. The molecule has 8 nitrogen and oxygen atoms in total. The molecule has 0 radical (unpaired) electrons. The first-order valence-corrected chi connectivity index (χ1v) is 12.2. The van der Waals surface area contributed by atoms with Gasteiger partial charge in [-0.15, -0.1) is 11.3 Å². The average Bonchev–Trinajstić information content (AvgIpc) is 3.37. The molecule has 3 aromatic rings. The van der Waals surface area contributed by atoms with Crippen LogP contribution >= 0.6 is 11.3 Å². The number of carbonyl (C=O) groups excluding carboxylic acids is 1. The molecule has 1 aliphatic rings. The summed E-state index contributed by atoms with van der Waals surface area (Å²) >= 11 is 1.33. The van der Waals surface area contributed by atoms with Crippen LogP contribution in [0.3, 0.4) is 0 Å². The molecule has 0 atom stereocenters. The van der Waals surface area contributed by atoms with Crippen LogP contribution in [0.4, 0.5) is 5.13 Å². The largest absolute Gasteiger partial charge is 0.379 e. The van der Waals surface area contributed by atoms with E-state index in [1.807, 2.05) is 31.4 Å². The highest BCUT2D eigenvalue weighted by atomic mass is 32.2. The number of carbonyl (C=O) groups is 1. The number of rotatable bonds is 5. The highest BCUT2D eigenvalue weighted by Gasteiger charge is 2.29. The van der Waals surface area contributed by atoms with Gasteiger partial charge in [0.2, 0.25) is 10.0 Å². The summed E-state index contributed by atoms with van der Waals surface area (Å²) in [5.41, 5.74) is 4.31. The Morgan fingerprint density at radius 1 is 1.19 bits per heavy atom. The lowest BCUT2D eigenvalue weighted by Crippen LogP contribution is -2.40. The van der Waals surface area contributed by atoms with Gasteiger partial charge < -0.3 is 9.30 Å². The van der Waals surface area contributed by atoms with Crippen molar-refractivity contribution in [3.63, 3.8) is 0 Å². The maximum absolute atomic E-state index is 12.9. The van der Waals surface area contributed by atoms with Crippen LogP contribution in [0.2, 0.25) is 0 Å². The molecule has 4 rings (SSSR count). The fourth-order valence-electron chi connectivity index (χ4n) is 3.46. The molecule has 31 heavy (non-hydrogen) atoms. The van der Waals surface area contributed by atoms with Crippen molar-refractivity contribution in [1.29, 1.82) is 0 Å². The van der Waals surface area contributed by atoms with Crippen molar-refractivity contribution in [2.24, 2.45) is 7.05 Å². The van der Waals surface area contributed by atoms with Crippen LogP contribution in [-0.4, -0.2) is 54.5 Å². The van der Waals surface area contributed by atoms with Crippen molar-refractivity contribution in [2.75, 3.05) is 31.6 Å². The van der Waals surface area contributed by atoms with E-state index in [1.165, 1.54) is 32.5 Å². The first-order valence-electron chi connectivity index (χ1n) is 9.84. The monoisotopic (exact) mass is 460 g/mol. The van der Waals surface area contributed by atoms with Gasteiger partial charge in [0.1, 0.15) is 10.6 Å². The van der Waals surface area contributed by atoms with Crippen LogP contribution in [0.15, 0.2) is 40.7 Å². The number of thiazole rings is 1. The zero-order valence-corrected chi connectivity index (χ0v) is 19.2. The van der Waals surface area contributed by atoms with Gasteiger partial charge in [-0.25, -0.2) is 13.4 Å². The minimum Gasteiger partial charge on any atom is -0.379 e. The fraction of sp³-hybridized carbons (Fsp3) is 0.333. The Bertz CT molecular complexity index is 1220. The summed E-state index contributed by atoms with van der Waals surface area (Å²) in [7, 11) is -2.02. The minimum absolute atomic E-state index is 0.0947. The van der Waals surface area contributed by atoms with Crippen molar-refractivity contribution in [1.82, 2.24) is 13.9 Å². The molecule has 1 N–H and O–H groups in total. The number of aryl methyl sites for hydroxylation is 3. The van der Waals surface area contributed by atoms with Crippen molar-refractivity contribution in [3.8, 4) is 11.3 Å². The number of amides is 1. The van der Waals surface area contributed by atoms with Crippen molar-refractivity contribution in [3.05, 3.63) is 52.7 Å². The molecule has 164 valence electrons. The van der Waals surface area contributed by atoms with Gasteiger partial charge in [0.05, 0.1) is 18.9 Å². The number of benzene rings is 1. The second-order valence-corrected chi connectivity index (χ2v) is 10.3. The number of nitrogens with zero attached hydrogens (tertiary/aromatic N) is 3. The third kappa shape index (κ3) is 4.42. The molecule has 0 aliphatic carbocycles. The summed E-state index contributed by atoms with van der Waals surface area (Å²) in [5, 5.41) is 5.14. The van der Waals surface area contributed by atoms with Gasteiger partial charge in [-0.3, -0.25) is 10.1 Å². The number of sulfonamides is 1. The van der Waals surface area contributed by atoms with Crippen LogP contribution in [0.5, 0.6) is 0 Å². The third-order valence-corrected chi connectivity index (χ3v) is 7.84. The summed E-state index contributed by atoms with van der Waals surface area (Å²) in [6.07, 6.45) is 1.46. The van der Waals surface area contributed by atoms with Crippen LogP contribution in [0.1, 0.15) is 21.6 Å². The molecule has 0 saturated carbocycles. The maximum atomic E-state index is 12.9. The standard InChI is InChI=1S/C21H24N4O4S2/c1-14-4-5-15(2)17(10-14)18-13-30-21(22-18)23-20(26)19-11-16(12-24(19)3)31(27,28)25-6-8-29-9-7-25/h4-5,10-13H,6-9H2,1-3H3,(H,22,23,26). The number of hydrogen-bond acceptors (Lipinski definition) is 6. The maximum Gasteiger partial charge on any atom is 0.274 e. The van der Waals surface area contributed by atoms with Gasteiger partial charge in [-0.05, 0) is 31.5 Å². The molecule has 0 unspecified atom stereocenters. The topological polar surface area (TPSA) is 93.5 Å². The highest BCUT2D eigenvalue weighted by Crippen LogP contribution is 2.29. The lowest BCUT2D eigenvalue weighted by atomic mass is 10.0. The Hall–Kier alpha value is -2.53. The fourth-order valence-corrected chi connectivity index (χ4v) is 5.65. The number of hydrogen-bond donors (Lipinski definition) is 1. The van der Waals surface area contributed by atoms with Gasteiger partial charge >= 0.3 is 0 Å². The second kappa shape index (κ2) is 8.54. The second-order valence-electron chi connectivity index (χ2n) is 7.50. The molecule has 10 heteroatoms. The van der Waals surface area contributed by atoms with E-state index >= 15 is 0 Å². The number of ether oxygens (including phenoxy) is 1. The van der Waals surface area contributed by atoms with E-state index in [2.05, 4.69) is 16.4 Å². The summed E-state index contributed by atoms with van der Waals surface area (Å²) in [5.74, 6) is -0.409. The zero-order valence-electron chi connectivity index (χ0n) is 17.6. The average molecular weight is 461 g/mol. The van der Waals surface area contributed by atoms with Crippen molar-refractivity contribution in [2.45, 2.75) is 18.7 Å². The lowest BCUT2D eigenvalue weighted by molar-refractivity contribution is 0.0730. The molecule has 1 amide bonds.